The third kappa shape index (κ3) is 4.24. The smallest absolute Gasteiger partial charge is 0.251 e. The maximum atomic E-state index is 12.2. The molecule has 0 saturated carbocycles. The summed E-state index contributed by atoms with van der Waals surface area (Å²) in [6, 6.07) is 7.04. The summed E-state index contributed by atoms with van der Waals surface area (Å²) < 4.78 is 10.9. The summed E-state index contributed by atoms with van der Waals surface area (Å²) in [7, 11) is 0. The average molecular weight is 357 g/mol. The van der Waals surface area contributed by atoms with Gasteiger partial charge in [-0.1, -0.05) is 5.16 Å². The Morgan fingerprint density at radius 1 is 1.24 bits per heavy atom. The zero-order valence-electron chi connectivity index (χ0n) is 14.3. The largest absolute Gasteiger partial charge is 0.489 e. The SMILES string of the molecule is Cc1csc(CNC(=O)c2ccc(OCc3c(C)noc3C)cc2)n1. The third-order valence-corrected chi connectivity index (χ3v) is 4.71. The summed E-state index contributed by atoms with van der Waals surface area (Å²) in [6.45, 7) is 6.49. The number of hydrogen-bond donors (Lipinski definition) is 1. The van der Waals surface area contributed by atoms with Gasteiger partial charge in [0.05, 0.1) is 17.8 Å². The minimum absolute atomic E-state index is 0.134. The van der Waals surface area contributed by atoms with Gasteiger partial charge >= 0.3 is 0 Å². The van der Waals surface area contributed by atoms with Gasteiger partial charge in [-0.25, -0.2) is 4.98 Å². The molecular weight excluding hydrogens is 338 g/mol. The number of benzene rings is 1. The van der Waals surface area contributed by atoms with E-state index in [2.05, 4.69) is 15.5 Å². The number of carbonyl (C=O) groups excluding carboxylic acids is 1. The number of carbonyl (C=O) groups is 1. The molecule has 0 radical (unpaired) electrons. The number of ether oxygens (including phenoxy) is 1. The van der Waals surface area contributed by atoms with Crippen LogP contribution in [0.2, 0.25) is 0 Å². The van der Waals surface area contributed by atoms with Crippen molar-refractivity contribution in [3.05, 3.63) is 62.9 Å². The van der Waals surface area contributed by atoms with Crippen molar-refractivity contribution in [3.8, 4) is 5.75 Å². The van der Waals surface area contributed by atoms with E-state index in [9.17, 15) is 4.79 Å². The van der Waals surface area contributed by atoms with Crippen LogP contribution in [0.1, 0.15) is 38.1 Å². The minimum atomic E-state index is -0.134. The Kier molecular flexibility index (Phi) is 5.14. The Balaban J connectivity index is 1.55. The van der Waals surface area contributed by atoms with Crippen molar-refractivity contribution in [1.82, 2.24) is 15.5 Å². The van der Waals surface area contributed by atoms with E-state index in [0.29, 0.717) is 24.5 Å². The lowest BCUT2D eigenvalue weighted by Crippen LogP contribution is -2.22. The summed E-state index contributed by atoms with van der Waals surface area (Å²) in [6.07, 6.45) is 0. The topological polar surface area (TPSA) is 77.2 Å². The van der Waals surface area contributed by atoms with Gasteiger partial charge in [0.1, 0.15) is 23.1 Å². The van der Waals surface area contributed by atoms with Crippen molar-refractivity contribution in [3.63, 3.8) is 0 Å². The van der Waals surface area contributed by atoms with Gasteiger partial charge in [-0.3, -0.25) is 4.79 Å². The highest BCUT2D eigenvalue weighted by molar-refractivity contribution is 7.09. The van der Waals surface area contributed by atoms with Crippen LogP contribution in [0.5, 0.6) is 5.75 Å². The van der Waals surface area contributed by atoms with Crippen LogP contribution in [0.15, 0.2) is 34.2 Å². The van der Waals surface area contributed by atoms with Gasteiger partial charge in [0, 0.05) is 16.6 Å². The van der Waals surface area contributed by atoms with Gasteiger partial charge in [-0.05, 0) is 45.0 Å². The molecule has 3 rings (SSSR count). The molecule has 0 unspecified atom stereocenters. The fraction of sp³-hybridized carbons (Fsp3) is 0.278. The fourth-order valence-corrected chi connectivity index (χ4v) is 3.02. The number of aryl methyl sites for hydroxylation is 3. The fourth-order valence-electron chi connectivity index (χ4n) is 2.31. The first-order chi connectivity index (χ1) is 12.0. The number of nitrogens with one attached hydrogen (secondary N) is 1. The molecule has 3 aromatic rings. The van der Waals surface area contributed by atoms with Crippen LogP contribution in [0, 0.1) is 20.8 Å². The first kappa shape index (κ1) is 17.2. The molecule has 0 aliphatic heterocycles. The monoisotopic (exact) mass is 357 g/mol. The van der Waals surface area contributed by atoms with Crippen LogP contribution in [-0.4, -0.2) is 16.0 Å². The van der Waals surface area contributed by atoms with Crippen LogP contribution in [0.25, 0.3) is 0 Å². The van der Waals surface area contributed by atoms with Crippen molar-refractivity contribution in [2.24, 2.45) is 0 Å². The maximum absolute atomic E-state index is 12.2. The van der Waals surface area contributed by atoms with Crippen LogP contribution in [-0.2, 0) is 13.2 Å². The first-order valence-corrected chi connectivity index (χ1v) is 8.74. The molecular formula is C18H19N3O3S. The molecule has 7 heteroatoms. The Hall–Kier alpha value is -2.67. The highest BCUT2D eigenvalue weighted by atomic mass is 32.1. The second kappa shape index (κ2) is 7.48. The zero-order chi connectivity index (χ0) is 17.8. The summed E-state index contributed by atoms with van der Waals surface area (Å²) in [5.41, 5.74) is 3.32. The van der Waals surface area contributed by atoms with Crippen molar-refractivity contribution >= 4 is 17.2 Å². The van der Waals surface area contributed by atoms with Crippen LogP contribution < -0.4 is 10.1 Å². The summed E-state index contributed by atoms with van der Waals surface area (Å²) in [5.74, 6) is 1.31. The second-order valence-corrected chi connectivity index (χ2v) is 6.62. The average Bonchev–Trinajstić information content (AvgIpc) is 3.17. The van der Waals surface area contributed by atoms with E-state index in [1.54, 1.807) is 24.3 Å². The van der Waals surface area contributed by atoms with E-state index in [-0.39, 0.29) is 5.91 Å². The van der Waals surface area contributed by atoms with Gasteiger partial charge in [0.25, 0.3) is 5.91 Å². The zero-order valence-corrected chi connectivity index (χ0v) is 15.1. The van der Waals surface area contributed by atoms with Crippen molar-refractivity contribution in [1.29, 1.82) is 0 Å². The number of aromatic nitrogens is 2. The molecule has 0 aliphatic rings. The highest BCUT2D eigenvalue weighted by Crippen LogP contribution is 2.18. The maximum Gasteiger partial charge on any atom is 0.251 e. The predicted molar refractivity (Wildman–Crippen MR) is 94.8 cm³/mol. The Morgan fingerprint density at radius 2 is 2.00 bits per heavy atom. The molecule has 6 nitrogen and oxygen atoms in total. The molecule has 0 spiro atoms. The molecule has 1 N–H and O–H groups in total. The molecule has 0 fully saturated rings. The summed E-state index contributed by atoms with van der Waals surface area (Å²) in [4.78, 5) is 16.5. The Bertz CT molecular complexity index is 849. The summed E-state index contributed by atoms with van der Waals surface area (Å²) >= 11 is 1.54. The number of amides is 1. The van der Waals surface area contributed by atoms with Crippen molar-refractivity contribution < 1.29 is 14.1 Å². The second-order valence-electron chi connectivity index (χ2n) is 5.68. The molecule has 1 amide bonds. The molecule has 0 aliphatic carbocycles. The molecule has 130 valence electrons. The molecule has 2 aromatic heterocycles. The summed E-state index contributed by atoms with van der Waals surface area (Å²) in [5, 5.41) is 9.62. The van der Waals surface area contributed by atoms with E-state index >= 15 is 0 Å². The van der Waals surface area contributed by atoms with Gasteiger partial charge < -0.3 is 14.6 Å². The Morgan fingerprint density at radius 3 is 2.60 bits per heavy atom. The van der Waals surface area contributed by atoms with E-state index in [1.165, 1.54) is 11.3 Å². The number of hydrogen-bond acceptors (Lipinski definition) is 6. The van der Waals surface area contributed by atoms with E-state index in [0.717, 1.165) is 27.7 Å². The molecule has 25 heavy (non-hydrogen) atoms. The van der Waals surface area contributed by atoms with E-state index in [1.807, 2.05) is 26.2 Å². The Labute approximate surface area is 149 Å². The van der Waals surface area contributed by atoms with Gasteiger partial charge in [-0.15, -0.1) is 11.3 Å². The van der Waals surface area contributed by atoms with Crippen molar-refractivity contribution in [2.75, 3.05) is 0 Å². The molecule has 0 bridgehead atoms. The van der Waals surface area contributed by atoms with E-state index in [4.69, 9.17) is 9.26 Å². The minimum Gasteiger partial charge on any atom is -0.489 e. The lowest BCUT2D eigenvalue weighted by Gasteiger charge is -2.07. The van der Waals surface area contributed by atoms with Gasteiger partial charge in [0.15, 0.2) is 0 Å². The van der Waals surface area contributed by atoms with Gasteiger partial charge in [0.2, 0.25) is 0 Å². The quantitative estimate of drug-likeness (QED) is 0.730. The van der Waals surface area contributed by atoms with Crippen LogP contribution >= 0.6 is 11.3 Å². The lowest BCUT2D eigenvalue weighted by molar-refractivity contribution is 0.0951. The predicted octanol–water partition coefficient (Wildman–Crippen LogP) is 3.57. The number of rotatable bonds is 6. The standard InChI is InChI=1S/C18H19N3O3S/c1-11-10-25-17(20-11)8-19-18(22)14-4-6-15(7-5-14)23-9-16-12(2)21-24-13(16)3/h4-7,10H,8-9H2,1-3H3,(H,19,22). The number of thiazole rings is 1. The highest BCUT2D eigenvalue weighted by Gasteiger charge is 2.10. The molecule has 2 heterocycles. The lowest BCUT2D eigenvalue weighted by atomic mass is 10.2. The van der Waals surface area contributed by atoms with Crippen molar-refractivity contribution in [2.45, 2.75) is 33.9 Å². The van der Waals surface area contributed by atoms with Crippen LogP contribution in [0.4, 0.5) is 0 Å². The molecule has 1 aromatic carbocycles. The first-order valence-electron chi connectivity index (χ1n) is 7.86. The number of nitrogens with zero attached hydrogens (tertiary/aromatic N) is 2. The van der Waals surface area contributed by atoms with E-state index < -0.39 is 0 Å². The molecule has 0 atom stereocenters. The normalized spacial score (nSPS) is 10.7. The van der Waals surface area contributed by atoms with Crippen LogP contribution in [0.3, 0.4) is 0 Å². The molecule has 0 saturated heterocycles. The van der Waals surface area contributed by atoms with Gasteiger partial charge in [-0.2, -0.15) is 0 Å². The third-order valence-electron chi connectivity index (χ3n) is 3.75.